The quantitative estimate of drug-likeness (QED) is 0.762. The van der Waals surface area contributed by atoms with Crippen molar-refractivity contribution in [1.29, 1.82) is 0 Å². The van der Waals surface area contributed by atoms with Crippen molar-refractivity contribution in [1.82, 2.24) is 10.2 Å². The maximum atomic E-state index is 12.3. The first kappa shape index (κ1) is 17.9. The minimum atomic E-state index is -0.0927. The minimum absolute atomic E-state index is 0.0332. The Kier molecular flexibility index (Phi) is 5.42. The SMILES string of the molecule is Cc1cccc(NC(=O)CN(C)CC(=O)NC(C2CC2)C2CC2)c1C. The summed E-state index contributed by atoms with van der Waals surface area (Å²) in [4.78, 5) is 26.3. The highest BCUT2D eigenvalue weighted by Gasteiger charge is 2.42. The Morgan fingerprint density at radius 3 is 2.28 bits per heavy atom. The number of carbonyl (C=O) groups is 2. The Hall–Kier alpha value is -1.88. The molecule has 1 aromatic carbocycles. The lowest BCUT2D eigenvalue weighted by molar-refractivity contribution is -0.123. The van der Waals surface area contributed by atoms with E-state index in [1.165, 1.54) is 25.7 Å². The van der Waals surface area contributed by atoms with Crippen LogP contribution in [0.3, 0.4) is 0 Å². The van der Waals surface area contributed by atoms with Gasteiger partial charge in [-0.2, -0.15) is 0 Å². The monoisotopic (exact) mass is 343 g/mol. The molecule has 5 nitrogen and oxygen atoms in total. The van der Waals surface area contributed by atoms with Crippen molar-refractivity contribution in [2.75, 3.05) is 25.5 Å². The molecule has 2 aliphatic rings. The number of rotatable bonds is 8. The molecule has 0 aliphatic heterocycles. The Labute approximate surface area is 150 Å². The van der Waals surface area contributed by atoms with Crippen LogP contribution in [0.4, 0.5) is 5.69 Å². The molecule has 0 radical (unpaired) electrons. The summed E-state index contributed by atoms with van der Waals surface area (Å²) in [6, 6.07) is 6.23. The van der Waals surface area contributed by atoms with E-state index in [9.17, 15) is 9.59 Å². The molecule has 2 aliphatic carbocycles. The van der Waals surface area contributed by atoms with Crippen molar-refractivity contribution in [3.8, 4) is 0 Å². The lowest BCUT2D eigenvalue weighted by Gasteiger charge is -2.21. The van der Waals surface area contributed by atoms with Gasteiger partial charge in [0.1, 0.15) is 0 Å². The number of hydrogen-bond acceptors (Lipinski definition) is 3. The molecule has 0 aromatic heterocycles. The topological polar surface area (TPSA) is 61.4 Å². The highest BCUT2D eigenvalue weighted by Crippen LogP contribution is 2.44. The Morgan fingerprint density at radius 2 is 1.68 bits per heavy atom. The number of benzene rings is 1. The van der Waals surface area contributed by atoms with Crippen molar-refractivity contribution in [2.24, 2.45) is 11.8 Å². The van der Waals surface area contributed by atoms with Crippen LogP contribution in [0.5, 0.6) is 0 Å². The molecular weight excluding hydrogens is 314 g/mol. The standard InChI is InChI=1S/C20H29N3O2/c1-13-5-4-6-17(14(13)2)21-18(24)11-23(3)12-19(25)22-20(15-7-8-15)16-9-10-16/h4-6,15-16,20H,7-12H2,1-3H3,(H,21,24)(H,22,25). The molecule has 0 heterocycles. The van der Waals surface area contributed by atoms with E-state index in [1.807, 2.05) is 39.1 Å². The number of nitrogens with zero attached hydrogens (tertiary/aromatic N) is 1. The number of likely N-dealkylation sites (N-methyl/N-ethyl adjacent to an activating group) is 1. The Balaban J connectivity index is 1.44. The van der Waals surface area contributed by atoms with E-state index in [4.69, 9.17) is 0 Å². The molecular formula is C20H29N3O2. The van der Waals surface area contributed by atoms with Gasteiger partial charge in [0.25, 0.3) is 0 Å². The highest BCUT2D eigenvalue weighted by molar-refractivity contribution is 5.93. The average Bonchev–Trinajstić information content (AvgIpc) is 3.43. The van der Waals surface area contributed by atoms with E-state index < -0.39 is 0 Å². The predicted octanol–water partition coefficient (Wildman–Crippen LogP) is 2.48. The number of anilines is 1. The predicted molar refractivity (Wildman–Crippen MR) is 99.4 cm³/mol. The van der Waals surface area contributed by atoms with E-state index >= 15 is 0 Å². The largest absolute Gasteiger partial charge is 0.352 e. The van der Waals surface area contributed by atoms with Gasteiger partial charge in [0.15, 0.2) is 0 Å². The van der Waals surface area contributed by atoms with Gasteiger partial charge >= 0.3 is 0 Å². The van der Waals surface area contributed by atoms with Crippen molar-refractivity contribution < 1.29 is 9.59 Å². The van der Waals surface area contributed by atoms with Gasteiger partial charge in [0, 0.05) is 11.7 Å². The van der Waals surface area contributed by atoms with Crippen LogP contribution in [0.1, 0.15) is 36.8 Å². The first-order chi connectivity index (χ1) is 11.9. The summed E-state index contributed by atoms with van der Waals surface area (Å²) in [5, 5.41) is 6.14. The zero-order valence-corrected chi connectivity index (χ0v) is 15.5. The van der Waals surface area contributed by atoms with Crippen molar-refractivity contribution in [3.05, 3.63) is 29.3 Å². The molecule has 136 valence electrons. The van der Waals surface area contributed by atoms with Gasteiger partial charge in [-0.15, -0.1) is 0 Å². The fraction of sp³-hybridized carbons (Fsp3) is 0.600. The molecule has 2 fully saturated rings. The number of nitrogens with one attached hydrogen (secondary N) is 2. The third-order valence-electron chi connectivity index (χ3n) is 5.29. The maximum Gasteiger partial charge on any atom is 0.238 e. The summed E-state index contributed by atoms with van der Waals surface area (Å²) in [5.74, 6) is 1.32. The first-order valence-electron chi connectivity index (χ1n) is 9.28. The molecule has 2 N–H and O–H groups in total. The van der Waals surface area contributed by atoms with Gasteiger partial charge in [-0.3, -0.25) is 14.5 Å². The zero-order valence-electron chi connectivity index (χ0n) is 15.5. The molecule has 0 unspecified atom stereocenters. The first-order valence-corrected chi connectivity index (χ1v) is 9.28. The van der Waals surface area contributed by atoms with Crippen LogP contribution < -0.4 is 10.6 Å². The minimum Gasteiger partial charge on any atom is -0.352 e. The fourth-order valence-corrected chi connectivity index (χ4v) is 3.39. The molecule has 5 heteroatoms. The second-order valence-corrected chi connectivity index (χ2v) is 7.74. The molecule has 25 heavy (non-hydrogen) atoms. The number of hydrogen-bond donors (Lipinski definition) is 2. The van der Waals surface area contributed by atoms with Crippen LogP contribution in [0.15, 0.2) is 18.2 Å². The third kappa shape index (κ3) is 5.05. The maximum absolute atomic E-state index is 12.3. The fourth-order valence-electron chi connectivity index (χ4n) is 3.39. The van der Waals surface area contributed by atoms with Crippen LogP contribution in [0.2, 0.25) is 0 Å². The van der Waals surface area contributed by atoms with Crippen molar-refractivity contribution >= 4 is 17.5 Å². The van der Waals surface area contributed by atoms with E-state index in [0.29, 0.717) is 17.9 Å². The van der Waals surface area contributed by atoms with Crippen LogP contribution >= 0.6 is 0 Å². The van der Waals surface area contributed by atoms with Gasteiger partial charge < -0.3 is 10.6 Å². The van der Waals surface area contributed by atoms with Gasteiger partial charge in [-0.05, 0) is 75.6 Å². The van der Waals surface area contributed by atoms with Crippen molar-refractivity contribution in [3.63, 3.8) is 0 Å². The van der Waals surface area contributed by atoms with Crippen LogP contribution in [-0.4, -0.2) is 42.9 Å². The summed E-state index contributed by atoms with van der Waals surface area (Å²) in [7, 11) is 1.81. The normalized spacial score (nSPS) is 17.0. The van der Waals surface area contributed by atoms with E-state index in [2.05, 4.69) is 10.6 Å². The second kappa shape index (κ2) is 7.56. The Bertz CT molecular complexity index is 638. The highest BCUT2D eigenvalue weighted by atomic mass is 16.2. The summed E-state index contributed by atoms with van der Waals surface area (Å²) in [6.07, 6.45) is 4.98. The van der Waals surface area contributed by atoms with Gasteiger partial charge in [-0.25, -0.2) is 0 Å². The molecule has 3 rings (SSSR count). The molecule has 0 atom stereocenters. The van der Waals surface area contributed by atoms with Crippen molar-refractivity contribution in [2.45, 2.75) is 45.6 Å². The second-order valence-electron chi connectivity index (χ2n) is 7.74. The van der Waals surface area contributed by atoms with Crippen LogP contribution in [0, 0.1) is 25.7 Å². The lowest BCUT2D eigenvalue weighted by Crippen LogP contribution is -2.44. The average molecular weight is 343 g/mol. The van der Waals surface area contributed by atoms with E-state index in [0.717, 1.165) is 16.8 Å². The lowest BCUT2D eigenvalue weighted by atomic mass is 10.1. The molecule has 0 saturated heterocycles. The molecule has 0 spiro atoms. The van der Waals surface area contributed by atoms with Crippen LogP contribution in [0.25, 0.3) is 0 Å². The van der Waals surface area contributed by atoms with Gasteiger partial charge in [-0.1, -0.05) is 12.1 Å². The van der Waals surface area contributed by atoms with E-state index in [-0.39, 0.29) is 24.9 Å². The molecule has 1 aromatic rings. The summed E-state index contributed by atoms with van der Waals surface area (Å²) >= 11 is 0. The summed E-state index contributed by atoms with van der Waals surface area (Å²) in [6.45, 7) is 4.49. The molecule has 0 bridgehead atoms. The number of carbonyl (C=O) groups excluding carboxylic acids is 2. The number of aryl methyl sites for hydroxylation is 1. The van der Waals surface area contributed by atoms with Gasteiger partial charge in [0.2, 0.25) is 11.8 Å². The Morgan fingerprint density at radius 1 is 1.08 bits per heavy atom. The van der Waals surface area contributed by atoms with E-state index in [1.54, 1.807) is 4.90 Å². The molecule has 2 amide bonds. The van der Waals surface area contributed by atoms with Gasteiger partial charge in [0.05, 0.1) is 13.1 Å². The zero-order chi connectivity index (χ0) is 18.0. The number of amides is 2. The summed E-state index contributed by atoms with van der Waals surface area (Å²) < 4.78 is 0. The molecule has 2 saturated carbocycles. The summed E-state index contributed by atoms with van der Waals surface area (Å²) in [5.41, 5.74) is 3.06. The smallest absolute Gasteiger partial charge is 0.238 e. The van der Waals surface area contributed by atoms with Crippen LogP contribution in [-0.2, 0) is 9.59 Å². The third-order valence-corrected chi connectivity index (χ3v) is 5.29.